The van der Waals surface area contributed by atoms with Crippen LogP contribution in [0.3, 0.4) is 0 Å². The number of benzene rings is 1. The largest absolute Gasteiger partial charge is 0.263 e. The molecule has 3 heteroatoms. The van der Waals surface area contributed by atoms with Gasteiger partial charge in [0, 0.05) is 17.0 Å². The molecule has 0 amide bonds. The van der Waals surface area contributed by atoms with E-state index in [4.69, 9.17) is 5.26 Å². The van der Waals surface area contributed by atoms with E-state index >= 15 is 0 Å². The van der Waals surface area contributed by atoms with E-state index < -0.39 is 6.43 Å². The van der Waals surface area contributed by atoms with Crippen molar-refractivity contribution in [3.63, 3.8) is 0 Å². The zero-order valence-electron chi connectivity index (χ0n) is 6.59. The third-order valence-corrected chi connectivity index (χ3v) is 1.40. The molecule has 0 saturated carbocycles. The lowest BCUT2D eigenvalue weighted by atomic mass is 10.1. The van der Waals surface area contributed by atoms with Gasteiger partial charge in [0.05, 0.1) is 0 Å². The zero-order valence-corrected chi connectivity index (χ0v) is 6.59. The Morgan fingerprint density at radius 1 is 1.31 bits per heavy atom. The molecule has 1 nitrogen and oxygen atoms in total. The summed E-state index contributed by atoms with van der Waals surface area (Å²) in [6.07, 6.45) is -2.50. The van der Waals surface area contributed by atoms with Gasteiger partial charge in [-0.05, 0) is 12.1 Å². The Kier molecular flexibility index (Phi) is 3.00. The molecule has 0 atom stereocenters. The molecule has 0 radical (unpaired) electrons. The Balaban J connectivity index is 3.00. The van der Waals surface area contributed by atoms with E-state index in [2.05, 4.69) is 11.8 Å². The standard InChI is InChI=1S/C10H5F2N/c11-10(12)9-5-1-3-8(7-9)4-2-6-13/h1,3,5,7,10H. The molecule has 0 fully saturated rings. The van der Waals surface area contributed by atoms with Crippen LogP contribution in [-0.4, -0.2) is 0 Å². The summed E-state index contributed by atoms with van der Waals surface area (Å²) in [5, 5.41) is 8.13. The van der Waals surface area contributed by atoms with Crippen molar-refractivity contribution >= 4 is 0 Å². The zero-order chi connectivity index (χ0) is 9.68. The first-order valence-electron chi connectivity index (χ1n) is 3.52. The number of alkyl halides is 2. The first kappa shape index (κ1) is 9.22. The molecule has 0 heterocycles. The second-order valence-corrected chi connectivity index (χ2v) is 2.29. The van der Waals surface area contributed by atoms with E-state index in [-0.39, 0.29) is 5.56 Å². The van der Waals surface area contributed by atoms with E-state index in [9.17, 15) is 8.78 Å². The van der Waals surface area contributed by atoms with Crippen LogP contribution in [0.25, 0.3) is 0 Å². The second-order valence-electron chi connectivity index (χ2n) is 2.29. The first-order valence-corrected chi connectivity index (χ1v) is 3.52. The molecule has 1 aromatic rings. The maximum Gasteiger partial charge on any atom is 0.263 e. The molecule has 0 aromatic heterocycles. The summed E-state index contributed by atoms with van der Waals surface area (Å²) < 4.78 is 24.3. The smallest absolute Gasteiger partial charge is 0.205 e. The highest BCUT2D eigenvalue weighted by Crippen LogP contribution is 2.18. The minimum absolute atomic E-state index is 0.0789. The molecule has 0 aliphatic rings. The van der Waals surface area contributed by atoms with Crippen LogP contribution in [0.1, 0.15) is 17.6 Å². The van der Waals surface area contributed by atoms with Gasteiger partial charge in [-0.15, -0.1) is 0 Å². The summed E-state index contributed by atoms with van der Waals surface area (Å²) in [5.74, 6) is 4.59. The van der Waals surface area contributed by atoms with Gasteiger partial charge in [0.1, 0.15) is 0 Å². The molecular weight excluding hydrogens is 172 g/mol. The van der Waals surface area contributed by atoms with Gasteiger partial charge in [0.25, 0.3) is 6.43 Å². The van der Waals surface area contributed by atoms with Crippen molar-refractivity contribution in [1.29, 1.82) is 5.26 Å². The van der Waals surface area contributed by atoms with Crippen molar-refractivity contribution < 1.29 is 8.78 Å². The third-order valence-electron chi connectivity index (χ3n) is 1.40. The lowest BCUT2D eigenvalue weighted by Crippen LogP contribution is -1.84. The van der Waals surface area contributed by atoms with Crippen LogP contribution < -0.4 is 0 Å². The molecule has 1 rings (SSSR count). The van der Waals surface area contributed by atoms with Crippen LogP contribution in [0.15, 0.2) is 24.3 Å². The summed E-state index contributed by atoms with van der Waals surface area (Å²) in [4.78, 5) is 0. The van der Waals surface area contributed by atoms with Gasteiger partial charge in [-0.1, -0.05) is 18.1 Å². The molecule has 0 bridgehead atoms. The van der Waals surface area contributed by atoms with Gasteiger partial charge >= 0.3 is 0 Å². The second kappa shape index (κ2) is 4.23. The van der Waals surface area contributed by atoms with Crippen LogP contribution in [-0.2, 0) is 0 Å². The predicted molar refractivity (Wildman–Crippen MR) is 43.9 cm³/mol. The van der Waals surface area contributed by atoms with E-state index in [1.54, 1.807) is 12.1 Å². The maximum absolute atomic E-state index is 12.2. The fourth-order valence-corrected chi connectivity index (χ4v) is 0.852. The molecule has 0 spiro atoms. The molecule has 0 unspecified atom stereocenters. The van der Waals surface area contributed by atoms with Crippen molar-refractivity contribution in [2.24, 2.45) is 0 Å². The highest BCUT2D eigenvalue weighted by atomic mass is 19.3. The predicted octanol–water partition coefficient (Wildman–Crippen LogP) is 2.50. The van der Waals surface area contributed by atoms with Crippen LogP contribution >= 0.6 is 0 Å². The fraction of sp³-hybridized carbons (Fsp3) is 0.100. The normalized spacial score (nSPS) is 8.77. The molecule has 64 valence electrons. The molecule has 0 aliphatic carbocycles. The van der Waals surface area contributed by atoms with E-state index in [1.807, 2.05) is 0 Å². The molecule has 0 saturated heterocycles. The summed E-state index contributed by atoms with van der Waals surface area (Å²) in [7, 11) is 0. The SMILES string of the molecule is N#CC#Cc1cccc(C(F)F)c1. The van der Waals surface area contributed by atoms with Crippen molar-refractivity contribution in [3.05, 3.63) is 35.4 Å². The Morgan fingerprint density at radius 3 is 2.69 bits per heavy atom. The van der Waals surface area contributed by atoms with Gasteiger partial charge in [0.15, 0.2) is 6.07 Å². The van der Waals surface area contributed by atoms with Gasteiger partial charge in [0.2, 0.25) is 0 Å². The van der Waals surface area contributed by atoms with Crippen LogP contribution in [0.5, 0.6) is 0 Å². The summed E-state index contributed by atoms with van der Waals surface area (Å²) >= 11 is 0. The van der Waals surface area contributed by atoms with Crippen molar-refractivity contribution in [1.82, 2.24) is 0 Å². The molecule has 1 aromatic carbocycles. The summed E-state index contributed by atoms with van der Waals surface area (Å²) in [5.41, 5.74) is 0.351. The van der Waals surface area contributed by atoms with Crippen LogP contribution in [0.2, 0.25) is 0 Å². The molecule has 0 aliphatic heterocycles. The van der Waals surface area contributed by atoms with Crippen molar-refractivity contribution in [2.75, 3.05) is 0 Å². The Bertz CT molecular complexity index is 393. The first-order chi connectivity index (χ1) is 6.24. The number of nitriles is 1. The molecule has 13 heavy (non-hydrogen) atoms. The topological polar surface area (TPSA) is 23.8 Å². The average molecular weight is 177 g/mol. The summed E-state index contributed by atoms with van der Waals surface area (Å²) in [6, 6.07) is 7.28. The Labute approximate surface area is 74.6 Å². The number of rotatable bonds is 1. The fourth-order valence-electron chi connectivity index (χ4n) is 0.852. The third kappa shape index (κ3) is 2.57. The van der Waals surface area contributed by atoms with E-state index in [1.165, 1.54) is 18.2 Å². The monoisotopic (exact) mass is 177 g/mol. The molecule has 0 N–H and O–H groups in total. The van der Waals surface area contributed by atoms with Gasteiger partial charge in [-0.3, -0.25) is 0 Å². The summed E-state index contributed by atoms with van der Waals surface area (Å²) in [6.45, 7) is 0. The van der Waals surface area contributed by atoms with Gasteiger partial charge in [-0.25, -0.2) is 8.78 Å². The van der Waals surface area contributed by atoms with Crippen LogP contribution in [0.4, 0.5) is 8.78 Å². The highest BCUT2D eigenvalue weighted by molar-refractivity contribution is 5.40. The number of halogens is 2. The maximum atomic E-state index is 12.2. The highest BCUT2D eigenvalue weighted by Gasteiger charge is 2.05. The van der Waals surface area contributed by atoms with Crippen molar-refractivity contribution in [3.8, 4) is 17.9 Å². The van der Waals surface area contributed by atoms with Gasteiger partial charge in [-0.2, -0.15) is 5.26 Å². The minimum atomic E-state index is -2.50. The molecular formula is C10H5F2N. The van der Waals surface area contributed by atoms with E-state index in [0.717, 1.165) is 0 Å². The van der Waals surface area contributed by atoms with E-state index in [0.29, 0.717) is 5.56 Å². The lowest BCUT2D eigenvalue weighted by molar-refractivity contribution is 0.151. The minimum Gasteiger partial charge on any atom is -0.205 e. The van der Waals surface area contributed by atoms with Crippen molar-refractivity contribution in [2.45, 2.75) is 6.43 Å². The lowest BCUT2D eigenvalue weighted by Gasteiger charge is -1.98. The number of hydrogen-bond donors (Lipinski definition) is 0. The Morgan fingerprint density at radius 2 is 2.08 bits per heavy atom. The quantitative estimate of drug-likeness (QED) is 0.604. The van der Waals surface area contributed by atoms with Gasteiger partial charge < -0.3 is 0 Å². The van der Waals surface area contributed by atoms with Crippen LogP contribution in [0, 0.1) is 23.2 Å². The average Bonchev–Trinajstić information content (AvgIpc) is 2.15. The number of nitrogens with zero attached hydrogens (tertiary/aromatic N) is 1. The Hall–Kier alpha value is -1.87. The number of hydrogen-bond acceptors (Lipinski definition) is 1.